The zero-order valence-electron chi connectivity index (χ0n) is 12.9. The number of nitro benzene ring substituents is 1. The Morgan fingerprint density at radius 1 is 1.25 bits per heavy atom. The molecule has 4 rings (SSSR count). The minimum Gasteiger partial charge on any atom is -0.258 e. The molecule has 122 valence electrons. The van der Waals surface area contributed by atoms with Crippen LogP contribution < -0.4 is 0 Å². The Morgan fingerprint density at radius 2 is 2.12 bits per heavy atom. The topological polar surface area (TPSA) is 68.9 Å². The van der Waals surface area contributed by atoms with Crippen LogP contribution in [0, 0.1) is 10.1 Å². The van der Waals surface area contributed by atoms with Gasteiger partial charge in [-0.3, -0.25) is 10.1 Å². The summed E-state index contributed by atoms with van der Waals surface area (Å²) in [6.07, 6.45) is 6.35. The fourth-order valence-electron chi connectivity index (χ4n) is 3.08. The van der Waals surface area contributed by atoms with E-state index >= 15 is 0 Å². The van der Waals surface area contributed by atoms with E-state index < -0.39 is 0 Å². The van der Waals surface area contributed by atoms with Gasteiger partial charge in [0, 0.05) is 28.1 Å². The minimum atomic E-state index is -0.355. The largest absolute Gasteiger partial charge is 0.269 e. The molecular weight excluding hydrogens is 342 g/mol. The first-order valence-corrected chi connectivity index (χ1v) is 9.64. The number of hydrogen-bond donors (Lipinski definition) is 0. The number of hydrogen-bond acceptors (Lipinski definition) is 6. The first-order valence-electron chi connectivity index (χ1n) is 7.84. The molecule has 2 aromatic heterocycles. The normalized spacial score (nSPS) is 13.8. The number of rotatable bonds is 4. The van der Waals surface area contributed by atoms with Crippen LogP contribution in [0.3, 0.4) is 0 Å². The minimum absolute atomic E-state index is 0.133. The van der Waals surface area contributed by atoms with Gasteiger partial charge in [0.25, 0.3) is 5.69 Å². The first-order chi connectivity index (χ1) is 11.7. The molecule has 2 heterocycles. The second-order valence-corrected chi connectivity index (χ2v) is 7.83. The van der Waals surface area contributed by atoms with Crippen molar-refractivity contribution in [2.75, 3.05) is 0 Å². The van der Waals surface area contributed by atoms with E-state index in [-0.39, 0.29) is 10.6 Å². The molecule has 0 fully saturated rings. The molecule has 0 N–H and O–H groups in total. The van der Waals surface area contributed by atoms with E-state index in [1.165, 1.54) is 34.7 Å². The Labute approximate surface area is 147 Å². The molecule has 5 nitrogen and oxygen atoms in total. The average molecular weight is 357 g/mol. The van der Waals surface area contributed by atoms with Crippen molar-refractivity contribution in [2.45, 2.75) is 36.5 Å². The number of benzene rings is 1. The Hall–Kier alpha value is -1.99. The Bertz CT molecular complexity index is 923. The molecule has 7 heteroatoms. The molecule has 1 aromatic carbocycles. The van der Waals surface area contributed by atoms with E-state index in [0.29, 0.717) is 5.75 Å². The molecule has 3 aromatic rings. The van der Waals surface area contributed by atoms with E-state index in [2.05, 4.69) is 9.97 Å². The quantitative estimate of drug-likeness (QED) is 0.291. The maximum Gasteiger partial charge on any atom is 0.269 e. The number of non-ortho nitro benzene ring substituents is 1. The molecule has 0 bridgehead atoms. The highest BCUT2D eigenvalue weighted by molar-refractivity contribution is 7.98. The van der Waals surface area contributed by atoms with Crippen molar-refractivity contribution in [1.82, 2.24) is 9.97 Å². The van der Waals surface area contributed by atoms with Crippen molar-refractivity contribution in [3.63, 3.8) is 0 Å². The summed E-state index contributed by atoms with van der Waals surface area (Å²) in [6, 6.07) is 6.80. The standard InChI is InChI=1S/C17H15N3O2S2/c21-20(22)12-5-3-4-11(8-12)9-23-16-15-13-6-1-2-7-14(13)24-17(15)19-10-18-16/h3-5,8,10H,1-2,6-7,9H2. The number of fused-ring (bicyclic) bond motifs is 3. The van der Waals surface area contributed by atoms with E-state index in [9.17, 15) is 10.1 Å². The van der Waals surface area contributed by atoms with Crippen molar-refractivity contribution in [1.29, 1.82) is 0 Å². The highest BCUT2D eigenvalue weighted by atomic mass is 32.2. The molecule has 0 spiro atoms. The molecule has 0 unspecified atom stereocenters. The number of aromatic nitrogens is 2. The van der Waals surface area contributed by atoms with Gasteiger partial charge in [-0.15, -0.1) is 23.1 Å². The molecule has 24 heavy (non-hydrogen) atoms. The lowest BCUT2D eigenvalue weighted by Gasteiger charge is -2.11. The van der Waals surface area contributed by atoms with Crippen molar-refractivity contribution in [2.24, 2.45) is 0 Å². The lowest BCUT2D eigenvalue weighted by molar-refractivity contribution is -0.384. The van der Waals surface area contributed by atoms with Gasteiger partial charge in [-0.1, -0.05) is 12.1 Å². The van der Waals surface area contributed by atoms with Crippen molar-refractivity contribution < 1.29 is 4.92 Å². The molecular formula is C17H15N3O2S2. The lowest BCUT2D eigenvalue weighted by atomic mass is 9.97. The zero-order valence-corrected chi connectivity index (χ0v) is 14.5. The summed E-state index contributed by atoms with van der Waals surface area (Å²) in [5, 5.41) is 13.1. The van der Waals surface area contributed by atoms with Gasteiger partial charge in [0.15, 0.2) is 0 Å². The predicted molar refractivity (Wildman–Crippen MR) is 96.7 cm³/mol. The molecule has 0 amide bonds. The number of thiophene rings is 1. The molecule has 0 saturated heterocycles. The predicted octanol–water partition coefficient (Wildman–Crippen LogP) is 4.77. The number of nitrogens with zero attached hydrogens (tertiary/aromatic N) is 3. The first kappa shape index (κ1) is 15.5. The van der Waals surface area contributed by atoms with Gasteiger partial charge in [0.2, 0.25) is 0 Å². The molecule has 0 atom stereocenters. The molecule has 1 aliphatic rings. The van der Waals surface area contributed by atoms with E-state index in [1.807, 2.05) is 6.07 Å². The summed E-state index contributed by atoms with van der Waals surface area (Å²) in [5.74, 6) is 0.665. The van der Waals surface area contributed by atoms with Crippen molar-refractivity contribution in [3.05, 3.63) is 56.7 Å². The summed E-state index contributed by atoms with van der Waals surface area (Å²) in [6.45, 7) is 0. The maximum absolute atomic E-state index is 10.9. The van der Waals surface area contributed by atoms with Gasteiger partial charge in [-0.25, -0.2) is 9.97 Å². The van der Waals surface area contributed by atoms with Crippen molar-refractivity contribution >= 4 is 39.0 Å². The smallest absolute Gasteiger partial charge is 0.258 e. The Kier molecular flexibility index (Phi) is 4.20. The van der Waals surface area contributed by atoms with Gasteiger partial charge >= 0.3 is 0 Å². The van der Waals surface area contributed by atoms with Crippen LogP contribution in [0.15, 0.2) is 35.6 Å². The Balaban J connectivity index is 1.64. The number of aryl methyl sites for hydroxylation is 2. The fraction of sp³-hybridized carbons (Fsp3) is 0.294. The summed E-state index contributed by atoms with van der Waals surface area (Å²) in [4.78, 5) is 22.0. The van der Waals surface area contributed by atoms with Crippen LogP contribution in [0.2, 0.25) is 0 Å². The van der Waals surface area contributed by atoms with E-state index in [0.717, 1.165) is 28.3 Å². The summed E-state index contributed by atoms with van der Waals surface area (Å²) < 4.78 is 0. The Morgan fingerprint density at radius 3 is 3.00 bits per heavy atom. The highest BCUT2D eigenvalue weighted by Crippen LogP contribution is 2.39. The van der Waals surface area contributed by atoms with Gasteiger partial charge in [-0.05, 0) is 36.8 Å². The van der Waals surface area contributed by atoms with Crippen LogP contribution in [-0.2, 0) is 18.6 Å². The zero-order chi connectivity index (χ0) is 16.5. The van der Waals surface area contributed by atoms with Gasteiger partial charge in [-0.2, -0.15) is 0 Å². The van der Waals surface area contributed by atoms with Crippen LogP contribution in [0.25, 0.3) is 10.2 Å². The van der Waals surface area contributed by atoms with Gasteiger partial charge < -0.3 is 0 Å². The van der Waals surface area contributed by atoms with Crippen molar-refractivity contribution in [3.8, 4) is 0 Å². The van der Waals surface area contributed by atoms with E-state index in [4.69, 9.17) is 0 Å². The molecule has 0 aliphatic heterocycles. The molecule has 0 saturated carbocycles. The van der Waals surface area contributed by atoms with Gasteiger partial charge in [0.05, 0.1) is 4.92 Å². The third kappa shape index (κ3) is 2.89. The molecule has 0 radical (unpaired) electrons. The summed E-state index contributed by atoms with van der Waals surface area (Å²) >= 11 is 3.42. The van der Waals surface area contributed by atoms with Gasteiger partial charge in [0.1, 0.15) is 16.2 Å². The average Bonchev–Trinajstić information content (AvgIpc) is 2.99. The lowest BCUT2D eigenvalue weighted by Crippen LogP contribution is -1.99. The molecule has 1 aliphatic carbocycles. The monoisotopic (exact) mass is 357 g/mol. The number of thioether (sulfide) groups is 1. The highest BCUT2D eigenvalue weighted by Gasteiger charge is 2.20. The van der Waals surface area contributed by atoms with Crippen LogP contribution in [-0.4, -0.2) is 14.9 Å². The third-order valence-electron chi connectivity index (χ3n) is 4.21. The van der Waals surface area contributed by atoms with Crippen LogP contribution >= 0.6 is 23.1 Å². The summed E-state index contributed by atoms with van der Waals surface area (Å²) in [7, 11) is 0. The maximum atomic E-state index is 10.9. The fourth-order valence-corrected chi connectivity index (χ4v) is 5.34. The second kappa shape index (κ2) is 6.49. The van der Waals surface area contributed by atoms with Crippen LogP contribution in [0.5, 0.6) is 0 Å². The SMILES string of the molecule is O=[N+]([O-])c1cccc(CSc2ncnc3sc4c(c23)CCCC4)c1. The van der Waals surface area contributed by atoms with E-state index in [1.54, 1.807) is 41.6 Å². The third-order valence-corrected chi connectivity index (χ3v) is 6.47. The number of nitro groups is 1. The second-order valence-electron chi connectivity index (χ2n) is 5.79. The van der Waals surface area contributed by atoms with Crippen LogP contribution in [0.1, 0.15) is 28.8 Å². The van der Waals surface area contributed by atoms with Crippen LogP contribution in [0.4, 0.5) is 5.69 Å². The summed E-state index contributed by atoms with van der Waals surface area (Å²) in [5.41, 5.74) is 2.49.